The molecule has 0 heterocycles. The van der Waals surface area contributed by atoms with Crippen molar-refractivity contribution in [1.82, 2.24) is 5.32 Å². The summed E-state index contributed by atoms with van der Waals surface area (Å²) >= 11 is 3.44. The van der Waals surface area contributed by atoms with E-state index in [-0.39, 0.29) is 10.6 Å². The molecule has 5 heteroatoms. The van der Waals surface area contributed by atoms with Gasteiger partial charge in [0.1, 0.15) is 0 Å². The number of hydrogen-bond acceptors (Lipinski definition) is 3. The summed E-state index contributed by atoms with van der Waals surface area (Å²) < 4.78 is 0.808. The molecule has 0 radical (unpaired) electrons. The van der Waals surface area contributed by atoms with Gasteiger partial charge in [-0.15, -0.1) is 0 Å². The Labute approximate surface area is 134 Å². The van der Waals surface area contributed by atoms with Crippen LogP contribution in [0.1, 0.15) is 51.0 Å². The predicted molar refractivity (Wildman–Crippen MR) is 88.3 cm³/mol. The van der Waals surface area contributed by atoms with Crippen LogP contribution in [0.5, 0.6) is 0 Å². The lowest BCUT2D eigenvalue weighted by molar-refractivity contribution is -0.384. The summed E-state index contributed by atoms with van der Waals surface area (Å²) in [4.78, 5) is 10.4. The number of halogens is 1. The van der Waals surface area contributed by atoms with Gasteiger partial charge in [-0.2, -0.15) is 0 Å². The number of nitro benzene ring substituents is 1. The number of rotatable bonds is 6. The standard InChI is InChI=1S/C16H23BrN2O2/c1-2-16(12-6-4-3-5-7-12)18-11-13-8-9-14(19(20)21)10-15(13)17/h8-10,12,16,18H,2-7,11H2,1H3. The van der Waals surface area contributed by atoms with Gasteiger partial charge in [0.15, 0.2) is 0 Å². The van der Waals surface area contributed by atoms with Crippen molar-refractivity contribution in [1.29, 1.82) is 0 Å². The molecule has 1 unspecified atom stereocenters. The monoisotopic (exact) mass is 354 g/mol. The molecule has 1 aliphatic rings. The fraction of sp³-hybridized carbons (Fsp3) is 0.625. The van der Waals surface area contributed by atoms with E-state index in [0.29, 0.717) is 6.04 Å². The number of benzene rings is 1. The van der Waals surface area contributed by atoms with Gasteiger partial charge in [-0.1, -0.05) is 42.1 Å². The largest absolute Gasteiger partial charge is 0.310 e. The molecule has 1 aliphatic carbocycles. The molecule has 21 heavy (non-hydrogen) atoms. The molecule has 1 aromatic carbocycles. The van der Waals surface area contributed by atoms with Crippen molar-refractivity contribution in [2.45, 2.75) is 58.0 Å². The Morgan fingerprint density at radius 1 is 1.38 bits per heavy atom. The lowest BCUT2D eigenvalue weighted by Gasteiger charge is -2.30. The summed E-state index contributed by atoms with van der Waals surface area (Å²) in [5, 5.41) is 14.4. The van der Waals surface area contributed by atoms with Gasteiger partial charge >= 0.3 is 0 Å². The Kier molecular flexibility index (Phi) is 6.18. The quantitative estimate of drug-likeness (QED) is 0.589. The van der Waals surface area contributed by atoms with Crippen LogP contribution in [0.15, 0.2) is 22.7 Å². The SMILES string of the molecule is CCC(NCc1ccc([N+](=O)[O-])cc1Br)C1CCCCC1. The second-order valence-electron chi connectivity index (χ2n) is 5.83. The zero-order valence-electron chi connectivity index (χ0n) is 12.5. The van der Waals surface area contributed by atoms with E-state index in [1.807, 2.05) is 6.07 Å². The number of nitrogens with zero attached hydrogens (tertiary/aromatic N) is 1. The van der Waals surface area contributed by atoms with Gasteiger partial charge in [0.25, 0.3) is 5.69 Å². The highest BCUT2D eigenvalue weighted by Crippen LogP contribution is 2.28. The fourth-order valence-corrected chi connectivity index (χ4v) is 3.72. The lowest BCUT2D eigenvalue weighted by atomic mass is 9.83. The van der Waals surface area contributed by atoms with Crippen LogP contribution < -0.4 is 5.32 Å². The Balaban J connectivity index is 1.96. The second-order valence-corrected chi connectivity index (χ2v) is 6.68. The first-order valence-corrected chi connectivity index (χ1v) is 8.57. The van der Waals surface area contributed by atoms with Crippen LogP contribution in [-0.4, -0.2) is 11.0 Å². The summed E-state index contributed by atoms with van der Waals surface area (Å²) in [5.74, 6) is 0.778. The van der Waals surface area contributed by atoms with Crippen LogP contribution in [0.4, 0.5) is 5.69 Å². The van der Waals surface area contributed by atoms with Gasteiger partial charge in [-0.3, -0.25) is 10.1 Å². The molecule has 1 N–H and O–H groups in total. The minimum Gasteiger partial charge on any atom is -0.310 e. The summed E-state index contributed by atoms with van der Waals surface area (Å²) in [5.41, 5.74) is 1.21. The maximum atomic E-state index is 10.8. The molecule has 1 aromatic rings. The van der Waals surface area contributed by atoms with E-state index >= 15 is 0 Å². The summed E-state index contributed by atoms with van der Waals surface area (Å²) in [6, 6.07) is 5.54. The van der Waals surface area contributed by atoms with Crippen molar-refractivity contribution in [3.8, 4) is 0 Å². The molecule has 1 atom stereocenters. The van der Waals surface area contributed by atoms with Gasteiger partial charge in [-0.05, 0) is 36.8 Å². The highest BCUT2D eigenvalue weighted by Gasteiger charge is 2.22. The molecule has 0 aliphatic heterocycles. The molecule has 0 saturated heterocycles. The van der Waals surface area contributed by atoms with E-state index in [1.165, 1.54) is 32.1 Å². The zero-order valence-corrected chi connectivity index (χ0v) is 14.1. The molecule has 0 bridgehead atoms. The molecule has 0 amide bonds. The Hall–Kier alpha value is -0.940. The van der Waals surface area contributed by atoms with E-state index in [4.69, 9.17) is 0 Å². The molecule has 0 spiro atoms. The van der Waals surface area contributed by atoms with Crippen molar-refractivity contribution in [3.05, 3.63) is 38.3 Å². The van der Waals surface area contributed by atoms with E-state index in [0.717, 1.165) is 28.9 Å². The molecule has 4 nitrogen and oxygen atoms in total. The van der Waals surface area contributed by atoms with E-state index in [2.05, 4.69) is 28.2 Å². The van der Waals surface area contributed by atoms with Gasteiger partial charge in [0, 0.05) is 29.2 Å². The van der Waals surface area contributed by atoms with Crippen LogP contribution in [0.3, 0.4) is 0 Å². The van der Waals surface area contributed by atoms with Gasteiger partial charge in [0.05, 0.1) is 4.92 Å². The van der Waals surface area contributed by atoms with Crippen LogP contribution in [0.2, 0.25) is 0 Å². The maximum absolute atomic E-state index is 10.8. The topological polar surface area (TPSA) is 55.2 Å². The first-order chi connectivity index (χ1) is 10.1. The third-order valence-electron chi connectivity index (χ3n) is 4.46. The number of non-ortho nitro benzene ring substituents is 1. The third kappa shape index (κ3) is 4.51. The molecule has 0 aromatic heterocycles. The number of nitro groups is 1. The number of nitrogens with one attached hydrogen (secondary N) is 1. The van der Waals surface area contributed by atoms with E-state index in [9.17, 15) is 10.1 Å². The second kappa shape index (κ2) is 7.90. The Morgan fingerprint density at radius 3 is 2.67 bits per heavy atom. The molecular formula is C16H23BrN2O2. The molecule has 1 saturated carbocycles. The van der Waals surface area contributed by atoms with Gasteiger partial charge in [-0.25, -0.2) is 0 Å². The van der Waals surface area contributed by atoms with Crippen molar-refractivity contribution in [2.24, 2.45) is 5.92 Å². The summed E-state index contributed by atoms with van der Waals surface area (Å²) in [6.45, 7) is 2.99. The van der Waals surface area contributed by atoms with E-state index in [1.54, 1.807) is 12.1 Å². The minimum atomic E-state index is -0.362. The Bertz CT molecular complexity index is 487. The van der Waals surface area contributed by atoms with Crippen LogP contribution in [0, 0.1) is 16.0 Å². The minimum absolute atomic E-state index is 0.130. The smallest absolute Gasteiger partial charge is 0.270 e. The Morgan fingerprint density at radius 2 is 2.10 bits per heavy atom. The fourth-order valence-electron chi connectivity index (χ4n) is 3.22. The predicted octanol–water partition coefficient (Wildman–Crippen LogP) is 4.81. The molecule has 2 rings (SSSR count). The van der Waals surface area contributed by atoms with Gasteiger partial charge in [0.2, 0.25) is 0 Å². The van der Waals surface area contributed by atoms with Crippen LogP contribution in [-0.2, 0) is 6.54 Å². The molecular weight excluding hydrogens is 332 g/mol. The average Bonchev–Trinajstić information content (AvgIpc) is 2.50. The highest BCUT2D eigenvalue weighted by molar-refractivity contribution is 9.10. The number of hydrogen-bond donors (Lipinski definition) is 1. The van der Waals surface area contributed by atoms with Crippen molar-refractivity contribution in [3.63, 3.8) is 0 Å². The normalized spacial score (nSPS) is 17.6. The average molecular weight is 355 g/mol. The zero-order chi connectivity index (χ0) is 15.2. The first kappa shape index (κ1) is 16.4. The lowest BCUT2D eigenvalue weighted by Crippen LogP contribution is -2.36. The third-order valence-corrected chi connectivity index (χ3v) is 5.20. The first-order valence-electron chi connectivity index (χ1n) is 7.78. The maximum Gasteiger partial charge on any atom is 0.270 e. The van der Waals surface area contributed by atoms with Crippen LogP contribution in [0.25, 0.3) is 0 Å². The van der Waals surface area contributed by atoms with Crippen molar-refractivity contribution >= 4 is 21.6 Å². The van der Waals surface area contributed by atoms with Crippen molar-refractivity contribution < 1.29 is 4.92 Å². The summed E-state index contributed by atoms with van der Waals surface area (Å²) in [7, 11) is 0. The van der Waals surface area contributed by atoms with E-state index < -0.39 is 0 Å². The van der Waals surface area contributed by atoms with Crippen LogP contribution >= 0.6 is 15.9 Å². The van der Waals surface area contributed by atoms with Gasteiger partial charge < -0.3 is 5.32 Å². The summed E-state index contributed by atoms with van der Waals surface area (Å²) in [6.07, 6.45) is 7.87. The molecule has 1 fully saturated rings. The molecule has 116 valence electrons. The van der Waals surface area contributed by atoms with Crippen molar-refractivity contribution in [2.75, 3.05) is 0 Å². The highest BCUT2D eigenvalue weighted by atomic mass is 79.9.